The Morgan fingerprint density at radius 3 is 2.44 bits per heavy atom. The van der Waals surface area contributed by atoms with Crippen molar-refractivity contribution in [2.45, 2.75) is 32.2 Å². The van der Waals surface area contributed by atoms with Crippen LogP contribution in [-0.4, -0.2) is 35.1 Å². The van der Waals surface area contributed by atoms with Gasteiger partial charge < -0.3 is 10.2 Å². The minimum absolute atomic E-state index is 0.140. The number of thioether (sulfide) groups is 1. The first-order valence-electron chi connectivity index (χ1n) is 8.95. The van der Waals surface area contributed by atoms with Gasteiger partial charge in [0.1, 0.15) is 11.9 Å². The zero-order chi connectivity index (χ0) is 19.6. The molecule has 2 rings (SSSR count). The third kappa shape index (κ3) is 6.40. The molecule has 0 fully saturated rings. The fraction of sp³-hybridized carbons (Fsp3) is 0.333. The van der Waals surface area contributed by atoms with E-state index in [1.54, 1.807) is 30.0 Å². The van der Waals surface area contributed by atoms with Gasteiger partial charge in [0.05, 0.1) is 5.75 Å². The van der Waals surface area contributed by atoms with Crippen LogP contribution >= 0.6 is 11.8 Å². The number of nitrogens with one attached hydrogen (secondary N) is 1. The number of hydrogen-bond donors (Lipinski definition) is 1. The summed E-state index contributed by atoms with van der Waals surface area (Å²) in [6, 6.07) is 15.5. The summed E-state index contributed by atoms with van der Waals surface area (Å²) in [4.78, 5) is 26.6. The first-order chi connectivity index (χ1) is 13.0. The summed E-state index contributed by atoms with van der Waals surface area (Å²) in [5, 5.41) is 2.77. The Kier molecular flexibility index (Phi) is 8.33. The van der Waals surface area contributed by atoms with Gasteiger partial charge in [0.15, 0.2) is 0 Å². The fourth-order valence-corrected chi connectivity index (χ4v) is 3.53. The second kappa shape index (κ2) is 10.7. The molecule has 0 spiro atoms. The maximum absolute atomic E-state index is 13.7. The highest BCUT2D eigenvalue weighted by Gasteiger charge is 2.25. The van der Waals surface area contributed by atoms with Crippen molar-refractivity contribution >= 4 is 23.6 Å². The van der Waals surface area contributed by atoms with Crippen molar-refractivity contribution in [2.75, 3.05) is 12.3 Å². The van der Waals surface area contributed by atoms with Gasteiger partial charge >= 0.3 is 0 Å². The molecule has 6 heteroatoms. The average Bonchev–Trinajstić information content (AvgIpc) is 2.68. The Morgan fingerprint density at radius 2 is 1.78 bits per heavy atom. The van der Waals surface area contributed by atoms with Crippen LogP contribution in [0.25, 0.3) is 0 Å². The van der Waals surface area contributed by atoms with Gasteiger partial charge in [-0.1, -0.05) is 48.5 Å². The largest absolute Gasteiger partial charge is 0.355 e. The van der Waals surface area contributed by atoms with Crippen molar-refractivity contribution in [2.24, 2.45) is 0 Å². The topological polar surface area (TPSA) is 49.4 Å². The SMILES string of the molecule is CCNC(=O)[C@H](C)N(Cc1ccccc1)C(=O)CSCc1ccccc1F. The summed E-state index contributed by atoms with van der Waals surface area (Å²) in [5.74, 6) is 0.00649. The molecule has 2 aromatic rings. The third-order valence-corrected chi connectivity index (χ3v) is 5.12. The summed E-state index contributed by atoms with van der Waals surface area (Å²) >= 11 is 1.35. The van der Waals surface area contributed by atoms with Crippen LogP contribution in [0, 0.1) is 5.82 Å². The number of halogens is 1. The summed E-state index contributed by atoms with van der Waals surface area (Å²) < 4.78 is 13.7. The zero-order valence-electron chi connectivity index (χ0n) is 15.7. The van der Waals surface area contributed by atoms with Crippen LogP contribution in [0.2, 0.25) is 0 Å². The van der Waals surface area contributed by atoms with E-state index in [0.717, 1.165) is 5.56 Å². The van der Waals surface area contributed by atoms with E-state index in [0.29, 0.717) is 24.4 Å². The molecule has 1 N–H and O–H groups in total. The van der Waals surface area contributed by atoms with Crippen LogP contribution in [-0.2, 0) is 21.9 Å². The lowest BCUT2D eigenvalue weighted by atomic mass is 10.1. The summed E-state index contributed by atoms with van der Waals surface area (Å²) in [5.41, 5.74) is 1.53. The van der Waals surface area contributed by atoms with Crippen molar-refractivity contribution in [1.82, 2.24) is 10.2 Å². The van der Waals surface area contributed by atoms with Gasteiger partial charge in [-0.15, -0.1) is 11.8 Å². The first kappa shape index (κ1) is 21.0. The number of carbonyl (C=O) groups excluding carboxylic acids is 2. The van der Waals surface area contributed by atoms with E-state index < -0.39 is 6.04 Å². The van der Waals surface area contributed by atoms with Crippen LogP contribution in [0.1, 0.15) is 25.0 Å². The number of rotatable bonds is 9. The smallest absolute Gasteiger partial charge is 0.242 e. The van der Waals surface area contributed by atoms with Crippen molar-refractivity contribution in [1.29, 1.82) is 0 Å². The van der Waals surface area contributed by atoms with Crippen LogP contribution in [0.3, 0.4) is 0 Å². The number of carbonyl (C=O) groups is 2. The van der Waals surface area contributed by atoms with Gasteiger partial charge in [-0.2, -0.15) is 0 Å². The van der Waals surface area contributed by atoms with Gasteiger partial charge in [0, 0.05) is 18.8 Å². The summed E-state index contributed by atoms with van der Waals surface area (Å²) in [6.07, 6.45) is 0. The Labute approximate surface area is 164 Å². The van der Waals surface area contributed by atoms with E-state index in [1.165, 1.54) is 17.8 Å². The molecule has 144 valence electrons. The monoisotopic (exact) mass is 388 g/mol. The lowest BCUT2D eigenvalue weighted by Gasteiger charge is -2.28. The molecule has 0 aliphatic rings. The molecule has 0 saturated heterocycles. The lowest BCUT2D eigenvalue weighted by Crippen LogP contribution is -2.48. The van der Waals surface area contributed by atoms with Crippen molar-refractivity contribution < 1.29 is 14.0 Å². The van der Waals surface area contributed by atoms with E-state index in [4.69, 9.17) is 0 Å². The second-order valence-electron chi connectivity index (χ2n) is 6.16. The summed E-state index contributed by atoms with van der Waals surface area (Å²) in [7, 11) is 0. The normalized spacial score (nSPS) is 11.7. The maximum atomic E-state index is 13.7. The highest BCUT2D eigenvalue weighted by Crippen LogP contribution is 2.17. The quantitative estimate of drug-likeness (QED) is 0.714. The van der Waals surface area contributed by atoms with Crippen molar-refractivity contribution in [3.8, 4) is 0 Å². The Morgan fingerprint density at radius 1 is 1.11 bits per heavy atom. The number of amides is 2. The molecule has 4 nitrogen and oxygen atoms in total. The molecule has 0 aliphatic heterocycles. The van der Waals surface area contributed by atoms with E-state index in [1.807, 2.05) is 37.3 Å². The Hall–Kier alpha value is -2.34. The number of benzene rings is 2. The molecule has 0 saturated carbocycles. The van der Waals surface area contributed by atoms with Gasteiger partial charge in [-0.25, -0.2) is 4.39 Å². The highest BCUT2D eigenvalue weighted by atomic mass is 32.2. The van der Waals surface area contributed by atoms with E-state index in [2.05, 4.69) is 5.32 Å². The van der Waals surface area contributed by atoms with Crippen molar-refractivity contribution in [3.63, 3.8) is 0 Å². The van der Waals surface area contributed by atoms with Crippen LogP contribution in [0.15, 0.2) is 54.6 Å². The van der Waals surface area contributed by atoms with Crippen LogP contribution < -0.4 is 5.32 Å². The lowest BCUT2D eigenvalue weighted by molar-refractivity contribution is -0.138. The maximum Gasteiger partial charge on any atom is 0.242 e. The minimum Gasteiger partial charge on any atom is -0.355 e. The molecule has 0 heterocycles. The first-order valence-corrected chi connectivity index (χ1v) is 10.1. The predicted octanol–water partition coefficient (Wildman–Crippen LogP) is 3.61. The molecular formula is C21H25FN2O2S. The molecule has 2 amide bonds. The van der Waals surface area contributed by atoms with Gasteiger partial charge in [0.25, 0.3) is 0 Å². The molecule has 0 aliphatic carbocycles. The van der Waals surface area contributed by atoms with Gasteiger partial charge in [-0.05, 0) is 31.0 Å². The van der Waals surface area contributed by atoms with E-state index in [-0.39, 0.29) is 23.4 Å². The second-order valence-corrected chi connectivity index (χ2v) is 7.15. The molecule has 0 unspecified atom stereocenters. The van der Waals surface area contributed by atoms with E-state index >= 15 is 0 Å². The molecule has 2 aromatic carbocycles. The number of nitrogens with zero attached hydrogens (tertiary/aromatic N) is 1. The minimum atomic E-state index is -0.577. The highest BCUT2D eigenvalue weighted by molar-refractivity contribution is 7.99. The Balaban J connectivity index is 2.03. The van der Waals surface area contributed by atoms with Crippen molar-refractivity contribution in [3.05, 3.63) is 71.5 Å². The molecule has 27 heavy (non-hydrogen) atoms. The molecule has 1 atom stereocenters. The molecule has 0 bridgehead atoms. The third-order valence-electron chi connectivity index (χ3n) is 4.15. The van der Waals surface area contributed by atoms with E-state index in [9.17, 15) is 14.0 Å². The average molecular weight is 389 g/mol. The zero-order valence-corrected chi connectivity index (χ0v) is 16.5. The van der Waals surface area contributed by atoms with Gasteiger partial charge in [-0.3, -0.25) is 9.59 Å². The number of likely N-dealkylation sites (N-methyl/N-ethyl adjacent to an activating group) is 1. The Bertz CT molecular complexity index is 755. The molecule has 0 radical (unpaired) electrons. The van der Waals surface area contributed by atoms with Crippen LogP contribution in [0.5, 0.6) is 0 Å². The molecular weight excluding hydrogens is 363 g/mol. The number of hydrogen-bond acceptors (Lipinski definition) is 3. The fourth-order valence-electron chi connectivity index (χ4n) is 2.63. The predicted molar refractivity (Wildman–Crippen MR) is 108 cm³/mol. The van der Waals surface area contributed by atoms with Gasteiger partial charge in [0.2, 0.25) is 11.8 Å². The standard InChI is InChI=1S/C21H25FN2O2S/c1-3-23-21(26)16(2)24(13-17-9-5-4-6-10-17)20(25)15-27-14-18-11-7-8-12-19(18)22/h4-12,16H,3,13-15H2,1-2H3,(H,23,26)/t16-/m0/s1. The van der Waals surface area contributed by atoms with Crippen LogP contribution in [0.4, 0.5) is 4.39 Å². The molecule has 0 aromatic heterocycles. The summed E-state index contributed by atoms with van der Waals surface area (Å²) in [6.45, 7) is 4.45.